The fraction of sp³-hybridized carbons (Fsp3) is 0.929. The lowest BCUT2D eigenvalue weighted by Crippen LogP contribution is -2.28. The van der Waals surface area contributed by atoms with E-state index < -0.39 is 0 Å². The maximum atomic E-state index is 12.2. The third kappa shape index (κ3) is 3.78. The van der Waals surface area contributed by atoms with Gasteiger partial charge in [0.25, 0.3) is 0 Å². The number of Topliss-reactive ketones (excluding diaryl/α,β-unsaturated/α-hetero) is 1. The standard InChI is InChI=1S/C14H25NO2/c15-10-12-1-3-13(4-2-12)14(16)9-11-5-7-17-8-6-11/h11-13H,1-10,15H2. The average molecular weight is 239 g/mol. The van der Waals surface area contributed by atoms with Crippen molar-refractivity contribution in [3.63, 3.8) is 0 Å². The molecule has 0 bridgehead atoms. The molecular formula is C14H25NO2. The van der Waals surface area contributed by atoms with E-state index in [0.29, 0.717) is 23.5 Å². The molecule has 2 N–H and O–H groups in total. The highest BCUT2D eigenvalue weighted by molar-refractivity contribution is 5.81. The Morgan fingerprint density at radius 2 is 1.65 bits per heavy atom. The molecule has 0 unspecified atom stereocenters. The van der Waals surface area contributed by atoms with Crippen molar-refractivity contribution in [2.45, 2.75) is 44.9 Å². The summed E-state index contributed by atoms with van der Waals surface area (Å²) < 4.78 is 5.33. The largest absolute Gasteiger partial charge is 0.381 e. The molecule has 3 nitrogen and oxygen atoms in total. The molecule has 0 aromatic carbocycles. The molecule has 2 aliphatic rings. The van der Waals surface area contributed by atoms with Crippen molar-refractivity contribution in [1.82, 2.24) is 0 Å². The second-order valence-corrected chi connectivity index (χ2v) is 5.68. The Morgan fingerprint density at radius 3 is 2.24 bits per heavy atom. The van der Waals surface area contributed by atoms with Crippen LogP contribution in [0.1, 0.15) is 44.9 Å². The smallest absolute Gasteiger partial charge is 0.136 e. The van der Waals surface area contributed by atoms with Crippen LogP contribution in [0.4, 0.5) is 0 Å². The van der Waals surface area contributed by atoms with Crippen molar-refractivity contribution < 1.29 is 9.53 Å². The van der Waals surface area contributed by atoms with Crippen LogP contribution in [0.2, 0.25) is 0 Å². The highest BCUT2D eigenvalue weighted by atomic mass is 16.5. The maximum absolute atomic E-state index is 12.2. The van der Waals surface area contributed by atoms with Crippen LogP contribution in [0.15, 0.2) is 0 Å². The van der Waals surface area contributed by atoms with Gasteiger partial charge < -0.3 is 10.5 Å². The van der Waals surface area contributed by atoms with Gasteiger partial charge in [-0.3, -0.25) is 4.79 Å². The minimum Gasteiger partial charge on any atom is -0.381 e. The van der Waals surface area contributed by atoms with E-state index in [1.54, 1.807) is 0 Å². The predicted octanol–water partition coefficient (Wildman–Crippen LogP) is 2.14. The first-order valence-corrected chi connectivity index (χ1v) is 7.10. The van der Waals surface area contributed by atoms with Crippen LogP contribution >= 0.6 is 0 Å². The number of ketones is 1. The molecule has 17 heavy (non-hydrogen) atoms. The molecule has 1 aliphatic heterocycles. The molecule has 0 aromatic heterocycles. The van der Waals surface area contributed by atoms with Crippen molar-refractivity contribution in [1.29, 1.82) is 0 Å². The van der Waals surface area contributed by atoms with Crippen molar-refractivity contribution in [2.24, 2.45) is 23.5 Å². The second kappa shape index (κ2) is 6.50. The molecule has 2 fully saturated rings. The SMILES string of the molecule is NCC1CCC(C(=O)CC2CCOCC2)CC1. The van der Waals surface area contributed by atoms with Crippen LogP contribution in [0.5, 0.6) is 0 Å². The van der Waals surface area contributed by atoms with E-state index in [-0.39, 0.29) is 0 Å². The summed E-state index contributed by atoms with van der Waals surface area (Å²) >= 11 is 0. The van der Waals surface area contributed by atoms with Gasteiger partial charge in [0.1, 0.15) is 5.78 Å². The van der Waals surface area contributed by atoms with Gasteiger partial charge >= 0.3 is 0 Å². The van der Waals surface area contributed by atoms with Crippen molar-refractivity contribution >= 4 is 5.78 Å². The van der Waals surface area contributed by atoms with Gasteiger partial charge in [-0.2, -0.15) is 0 Å². The van der Waals surface area contributed by atoms with E-state index in [1.165, 1.54) is 0 Å². The number of ether oxygens (including phenoxy) is 1. The lowest BCUT2D eigenvalue weighted by molar-refractivity contribution is -0.125. The van der Waals surface area contributed by atoms with Crippen LogP contribution in [-0.2, 0) is 9.53 Å². The maximum Gasteiger partial charge on any atom is 0.136 e. The third-order valence-corrected chi connectivity index (χ3v) is 4.47. The number of hydrogen-bond acceptors (Lipinski definition) is 3. The van der Waals surface area contributed by atoms with E-state index >= 15 is 0 Å². The Hall–Kier alpha value is -0.410. The molecular weight excluding hydrogens is 214 g/mol. The molecule has 2 rings (SSSR count). The number of carbonyl (C=O) groups is 1. The Bertz CT molecular complexity index is 241. The summed E-state index contributed by atoms with van der Waals surface area (Å²) in [6.07, 6.45) is 7.39. The van der Waals surface area contributed by atoms with E-state index in [9.17, 15) is 4.79 Å². The van der Waals surface area contributed by atoms with Crippen LogP contribution in [0.25, 0.3) is 0 Å². The van der Waals surface area contributed by atoms with E-state index in [2.05, 4.69) is 0 Å². The minimum absolute atomic E-state index is 0.334. The molecule has 0 radical (unpaired) electrons. The summed E-state index contributed by atoms with van der Waals surface area (Å²) in [6, 6.07) is 0. The Labute approximate surface area is 104 Å². The van der Waals surface area contributed by atoms with Gasteiger partial charge in [-0.1, -0.05) is 0 Å². The molecule has 0 amide bonds. The lowest BCUT2D eigenvalue weighted by atomic mass is 9.77. The molecule has 98 valence electrons. The summed E-state index contributed by atoms with van der Waals surface area (Å²) in [5.74, 6) is 2.10. The third-order valence-electron chi connectivity index (χ3n) is 4.47. The minimum atomic E-state index is 0.334. The Balaban J connectivity index is 1.72. The van der Waals surface area contributed by atoms with Crippen LogP contribution in [0.3, 0.4) is 0 Å². The lowest BCUT2D eigenvalue weighted by Gasteiger charge is -2.28. The number of carbonyl (C=O) groups excluding carboxylic acids is 1. The molecule has 0 aromatic rings. The first-order valence-electron chi connectivity index (χ1n) is 7.10. The van der Waals surface area contributed by atoms with Crippen molar-refractivity contribution in [2.75, 3.05) is 19.8 Å². The van der Waals surface area contributed by atoms with Crippen molar-refractivity contribution in [3.05, 3.63) is 0 Å². The molecule has 0 atom stereocenters. The van der Waals surface area contributed by atoms with Gasteiger partial charge in [0, 0.05) is 25.6 Å². The Kier molecular flexibility index (Phi) is 4.99. The second-order valence-electron chi connectivity index (χ2n) is 5.68. The predicted molar refractivity (Wildman–Crippen MR) is 67.7 cm³/mol. The molecule has 1 saturated carbocycles. The van der Waals surface area contributed by atoms with Gasteiger partial charge in [0.15, 0.2) is 0 Å². The van der Waals surface area contributed by atoms with Gasteiger partial charge in [-0.15, -0.1) is 0 Å². The van der Waals surface area contributed by atoms with Crippen LogP contribution in [-0.4, -0.2) is 25.5 Å². The summed E-state index contributed by atoms with van der Waals surface area (Å²) in [6.45, 7) is 2.48. The molecule has 3 heteroatoms. The highest BCUT2D eigenvalue weighted by Gasteiger charge is 2.27. The zero-order valence-corrected chi connectivity index (χ0v) is 10.7. The molecule has 0 spiro atoms. The fourth-order valence-electron chi connectivity index (χ4n) is 3.12. The number of hydrogen-bond donors (Lipinski definition) is 1. The zero-order valence-electron chi connectivity index (χ0n) is 10.7. The topological polar surface area (TPSA) is 52.3 Å². The highest BCUT2D eigenvalue weighted by Crippen LogP contribution is 2.31. The van der Waals surface area contributed by atoms with Gasteiger partial charge in [-0.05, 0) is 56.9 Å². The molecule has 1 heterocycles. The first-order chi connectivity index (χ1) is 8.29. The summed E-state index contributed by atoms with van der Waals surface area (Å²) in [5, 5.41) is 0. The molecule has 1 saturated heterocycles. The average Bonchev–Trinajstić information content (AvgIpc) is 2.40. The number of nitrogens with two attached hydrogens (primary N) is 1. The summed E-state index contributed by atoms with van der Waals surface area (Å²) in [7, 11) is 0. The van der Waals surface area contributed by atoms with Gasteiger partial charge in [0.05, 0.1) is 0 Å². The monoisotopic (exact) mass is 239 g/mol. The van der Waals surface area contributed by atoms with Gasteiger partial charge in [0.2, 0.25) is 0 Å². The fourth-order valence-corrected chi connectivity index (χ4v) is 3.12. The first kappa shape index (κ1) is 13.0. The normalized spacial score (nSPS) is 31.4. The Morgan fingerprint density at radius 1 is 1.00 bits per heavy atom. The van der Waals surface area contributed by atoms with Crippen molar-refractivity contribution in [3.8, 4) is 0 Å². The van der Waals surface area contributed by atoms with Gasteiger partial charge in [-0.25, -0.2) is 0 Å². The molecule has 1 aliphatic carbocycles. The summed E-state index contributed by atoms with van der Waals surface area (Å²) in [4.78, 5) is 12.2. The summed E-state index contributed by atoms with van der Waals surface area (Å²) in [5.41, 5.74) is 5.68. The van der Waals surface area contributed by atoms with E-state index in [1.807, 2.05) is 0 Å². The van der Waals surface area contributed by atoms with Crippen LogP contribution in [0, 0.1) is 17.8 Å². The van der Waals surface area contributed by atoms with E-state index in [0.717, 1.165) is 64.7 Å². The number of rotatable bonds is 4. The van der Waals surface area contributed by atoms with Crippen LogP contribution < -0.4 is 5.73 Å². The zero-order chi connectivity index (χ0) is 12.1. The quantitative estimate of drug-likeness (QED) is 0.817. The van der Waals surface area contributed by atoms with E-state index in [4.69, 9.17) is 10.5 Å².